The molecule has 1 fully saturated rings. The van der Waals surface area contributed by atoms with Gasteiger partial charge < -0.3 is 4.74 Å². The highest BCUT2D eigenvalue weighted by Gasteiger charge is 2.32. The second-order valence-electron chi connectivity index (χ2n) is 6.28. The molecule has 104 valence electrons. The SMILES string of the molecule is CCC(=O)CC(=O)OC(C)C1CCCC(C)(C)C1. The van der Waals surface area contributed by atoms with Crippen LogP contribution in [0.1, 0.15) is 66.2 Å². The number of ether oxygens (including phenoxy) is 1. The van der Waals surface area contributed by atoms with Gasteiger partial charge in [0.05, 0.1) is 0 Å². The maximum absolute atomic E-state index is 11.6. The van der Waals surface area contributed by atoms with Gasteiger partial charge in [0.15, 0.2) is 0 Å². The Morgan fingerprint density at radius 3 is 2.61 bits per heavy atom. The molecule has 0 radical (unpaired) electrons. The minimum absolute atomic E-state index is 0.0452. The Bertz CT molecular complexity index is 307. The van der Waals surface area contributed by atoms with Crippen LogP contribution < -0.4 is 0 Å². The highest BCUT2D eigenvalue weighted by Crippen LogP contribution is 2.40. The molecule has 1 aliphatic rings. The van der Waals surface area contributed by atoms with Gasteiger partial charge in [-0.1, -0.05) is 27.2 Å². The Kier molecular flexibility index (Phi) is 5.36. The molecular weight excluding hydrogens is 228 g/mol. The van der Waals surface area contributed by atoms with Gasteiger partial charge in [-0.15, -0.1) is 0 Å². The highest BCUT2D eigenvalue weighted by atomic mass is 16.5. The number of ketones is 1. The van der Waals surface area contributed by atoms with E-state index in [2.05, 4.69) is 13.8 Å². The average Bonchev–Trinajstić information content (AvgIpc) is 2.27. The van der Waals surface area contributed by atoms with Crippen molar-refractivity contribution in [3.63, 3.8) is 0 Å². The Balaban J connectivity index is 2.42. The molecule has 3 heteroatoms. The Hall–Kier alpha value is -0.860. The molecule has 0 aromatic carbocycles. The predicted octanol–water partition coefficient (Wildman–Crippen LogP) is 3.50. The molecule has 1 saturated carbocycles. The first-order chi connectivity index (χ1) is 8.34. The molecule has 0 aromatic heterocycles. The van der Waals surface area contributed by atoms with Crippen LogP contribution in [0.3, 0.4) is 0 Å². The molecule has 0 aliphatic heterocycles. The summed E-state index contributed by atoms with van der Waals surface area (Å²) in [6.07, 6.45) is 4.94. The fourth-order valence-corrected chi connectivity index (χ4v) is 2.79. The summed E-state index contributed by atoms with van der Waals surface area (Å²) < 4.78 is 5.40. The molecule has 0 bridgehead atoms. The molecule has 0 spiro atoms. The third-order valence-corrected chi connectivity index (χ3v) is 3.96. The van der Waals surface area contributed by atoms with Crippen molar-refractivity contribution in [1.82, 2.24) is 0 Å². The van der Waals surface area contributed by atoms with Gasteiger partial charge in [-0.2, -0.15) is 0 Å². The largest absolute Gasteiger partial charge is 0.462 e. The van der Waals surface area contributed by atoms with Crippen LogP contribution in [-0.4, -0.2) is 17.9 Å². The van der Waals surface area contributed by atoms with Crippen LogP contribution >= 0.6 is 0 Å². The van der Waals surface area contributed by atoms with Gasteiger partial charge in [0.25, 0.3) is 0 Å². The number of hydrogen-bond donors (Lipinski definition) is 0. The van der Waals surface area contributed by atoms with Crippen molar-refractivity contribution in [3.05, 3.63) is 0 Å². The van der Waals surface area contributed by atoms with E-state index in [1.807, 2.05) is 6.92 Å². The van der Waals surface area contributed by atoms with Crippen molar-refractivity contribution in [2.24, 2.45) is 11.3 Å². The molecule has 1 aliphatic carbocycles. The highest BCUT2D eigenvalue weighted by molar-refractivity contribution is 5.95. The normalized spacial score (nSPS) is 24.3. The molecule has 2 atom stereocenters. The Labute approximate surface area is 110 Å². The topological polar surface area (TPSA) is 43.4 Å². The zero-order valence-electron chi connectivity index (χ0n) is 12.1. The van der Waals surface area contributed by atoms with Crippen molar-refractivity contribution >= 4 is 11.8 Å². The fraction of sp³-hybridized carbons (Fsp3) is 0.867. The van der Waals surface area contributed by atoms with Crippen molar-refractivity contribution in [2.45, 2.75) is 72.3 Å². The molecular formula is C15H26O3. The van der Waals surface area contributed by atoms with E-state index in [4.69, 9.17) is 4.74 Å². The summed E-state index contributed by atoms with van der Waals surface area (Å²) >= 11 is 0. The van der Waals surface area contributed by atoms with E-state index in [0.29, 0.717) is 17.8 Å². The second-order valence-corrected chi connectivity index (χ2v) is 6.28. The summed E-state index contributed by atoms with van der Waals surface area (Å²) in [6, 6.07) is 0. The van der Waals surface area contributed by atoms with Gasteiger partial charge >= 0.3 is 5.97 Å². The summed E-state index contributed by atoms with van der Waals surface area (Å²) in [5.74, 6) is 0.0309. The third-order valence-electron chi connectivity index (χ3n) is 3.96. The lowest BCUT2D eigenvalue weighted by atomic mass is 9.71. The third kappa shape index (κ3) is 4.79. The van der Waals surface area contributed by atoms with E-state index in [9.17, 15) is 9.59 Å². The number of carbonyl (C=O) groups excluding carboxylic acids is 2. The summed E-state index contributed by atoms with van der Waals surface area (Å²) in [5.41, 5.74) is 0.350. The summed E-state index contributed by atoms with van der Waals surface area (Å²) in [7, 11) is 0. The first-order valence-corrected chi connectivity index (χ1v) is 7.05. The van der Waals surface area contributed by atoms with Crippen molar-refractivity contribution in [3.8, 4) is 0 Å². The van der Waals surface area contributed by atoms with Crippen LogP contribution in [0.25, 0.3) is 0 Å². The maximum Gasteiger partial charge on any atom is 0.313 e. The molecule has 0 N–H and O–H groups in total. The van der Waals surface area contributed by atoms with E-state index in [-0.39, 0.29) is 24.3 Å². The van der Waals surface area contributed by atoms with Gasteiger partial charge in [-0.3, -0.25) is 9.59 Å². The lowest BCUT2D eigenvalue weighted by Gasteiger charge is -2.37. The Morgan fingerprint density at radius 1 is 1.39 bits per heavy atom. The van der Waals surface area contributed by atoms with Crippen LogP contribution in [0, 0.1) is 11.3 Å². The zero-order valence-corrected chi connectivity index (χ0v) is 12.1. The number of hydrogen-bond acceptors (Lipinski definition) is 3. The lowest BCUT2D eigenvalue weighted by molar-refractivity contribution is -0.153. The van der Waals surface area contributed by atoms with E-state index in [1.165, 1.54) is 12.8 Å². The van der Waals surface area contributed by atoms with E-state index in [1.54, 1.807) is 6.92 Å². The van der Waals surface area contributed by atoms with E-state index < -0.39 is 0 Å². The van der Waals surface area contributed by atoms with Crippen LogP contribution in [0.5, 0.6) is 0 Å². The molecule has 2 unspecified atom stereocenters. The van der Waals surface area contributed by atoms with Gasteiger partial charge in [0.1, 0.15) is 18.3 Å². The van der Waals surface area contributed by atoms with Gasteiger partial charge in [0, 0.05) is 6.42 Å². The standard InChI is InChI=1S/C15H26O3/c1-5-13(16)9-14(17)18-11(2)12-7-6-8-15(3,4)10-12/h11-12H,5-10H2,1-4H3. The van der Waals surface area contributed by atoms with Crippen molar-refractivity contribution in [1.29, 1.82) is 0 Å². The first kappa shape index (κ1) is 15.2. The minimum Gasteiger partial charge on any atom is -0.462 e. The van der Waals surface area contributed by atoms with Gasteiger partial charge in [-0.25, -0.2) is 0 Å². The molecule has 0 saturated heterocycles. The van der Waals surface area contributed by atoms with Crippen LogP contribution in [0.15, 0.2) is 0 Å². The van der Waals surface area contributed by atoms with Gasteiger partial charge in [-0.05, 0) is 37.5 Å². The minimum atomic E-state index is -0.363. The summed E-state index contributed by atoms with van der Waals surface area (Å²) in [4.78, 5) is 22.8. The smallest absolute Gasteiger partial charge is 0.313 e. The van der Waals surface area contributed by atoms with E-state index >= 15 is 0 Å². The van der Waals surface area contributed by atoms with Gasteiger partial charge in [0.2, 0.25) is 0 Å². The van der Waals surface area contributed by atoms with Crippen molar-refractivity contribution in [2.75, 3.05) is 0 Å². The fourth-order valence-electron chi connectivity index (χ4n) is 2.79. The molecule has 18 heavy (non-hydrogen) atoms. The van der Waals surface area contributed by atoms with Crippen LogP contribution in [0.4, 0.5) is 0 Å². The first-order valence-electron chi connectivity index (χ1n) is 7.05. The van der Waals surface area contributed by atoms with Crippen LogP contribution in [0.2, 0.25) is 0 Å². The predicted molar refractivity (Wildman–Crippen MR) is 71.2 cm³/mol. The quantitative estimate of drug-likeness (QED) is 0.557. The number of rotatable bonds is 5. The Morgan fingerprint density at radius 2 is 2.06 bits per heavy atom. The number of esters is 1. The van der Waals surface area contributed by atoms with Crippen molar-refractivity contribution < 1.29 is 14.3 Å². The van der Waals surface area contributed by atoms with E-state index in [0.717, 1.165) is 12.8 Å². The molecule has 3 nitrogen and oxygen atoms in total. The molecule has 0 aromatic rings. The number of carbonyl (C=O) groups is 2. The number of Topliss-reactive ketones (excluding diaryl/α,β-unsaturated/α-hetero) is 1. The molecule has 1 rings (SSSR count). The maximum atomic E-state index is 11.6. The average molecular weight is 254 g/mol. The lowest BCUT2D eigenvalue weighted by Crippen LogP contribution is -2.32. The summed E-state index contributed by atoms with van der Waals surface area (Å²) in [5, 5.41) is 0. The summed E-state index contributed by atoms with van der Waals surface area (Å²) in [6.45, 7) is 8.27. The van der Waals surface area contributed by atoms with Crippen LogP contribution in [-0.2, 0) is 14.3 Å². The molecule has 0 heterocycles. The molecule has 0 amide bonds. The zero-order chi connectivity index (χ0) is 13.8. The monoisotopic (exact) mass is 254 g/mol. The second kappa shape index (κ2) is 6.35.